The predicted molar refractivity (Wildman–Crippen MR) is 89.4 cm³/mol. The number of aromatic nitrogens is 1. The fourth-order valence-corrected chi connectivity index (χ4v) is 2.81. The second-order valence-electron chi connectivity index (χ2n) is 5.15. The molecule has 0 bridgehead atoms. The van der Waals surface area contributed by atoms with E-state index in [2.05, 4.69) is 4.72 Å². The number of rotatable bonds is 4. The van der Waals surface area contributed by atoms with E-state index in [0.29, 0.717) is 11.4 Å². The molecule has 0 unspecified atom stereocenters. The molecule has 8 nitrogen and oxygen atoms in total. The summed E-state index contributed by atoms with van der Waals surface area (Å²) in [6.07, 6.45) is 2.45. The van der Waals surface area contributed by atoms with E-state index >= 15 is 0 Å². The van der Waals surface area contributed by atoms with Crippen molar-refractivity contribution in [1.82, 2.24) is 4.57 Å². The van der Waals surface area contributed by atoms with Crippen molar-refractivity contribution in [1.29, 1.82) is 5.26 Å². The second-order valence-corrected chi connectivity index (χ2v) is 6.90. The summed E-state index contributed by atoms with van der Waals surface area (Å²) in [7, 11) is -2.25. The number of hydrogen-bond donors (Lipinski definition) is 2. The van der Waals surface area contributed by atoms with Crippen LogP contribution in [0.1, 0.15) is 21.6 Å². The molecule has 0 amide bonds. The fraction of sp³-hybridized carbons (Fsp3) is 0.200. The summed E-state index contributed by atoms with van der Waals surface area (Å²) < 4.78 is 31.3. The maximum absolute atomic E-state index is 12.0. The van der Waals surface area contributed by atoms with Gasteiger partial charge in [0.25, 0.3) is 0 Å². The molecule has 0 aliphatic heterocycles. The maximum Gasteiger partial charge on any atom is 0.357 e. The smallest absolute Gasteiger partial charge is 0.357 e. The summed E-state index contributed by atoms with van der Waals surface area (Å²) in [6, 6.07) is 6.74. The van der Waals surface area contributed by atoms with Gasteiger partial charge in [-0.2, -0.15) is 5.26 Å². The standard InChI is InChI=1S/C15H16N4O4S/c1-9-4-5-11(18-24(3,21)22)6-12(9)19-8-10(7-16)13(17)14(19)15(20)23-2/h4-6,8,18H,17H2,1-3H3. The van der Waals surface area contributed by atoms with Gasteiger partial charge in [0.15, 0.2) is 5.69 Å². The maximum atomic E-state index is 12.0. The molecule has 3 N–H and O–H groups in total. The molecule has 9 heteroatoms. The number of sulfonamides is 1. The van der Waals surface area contributed by atoms with Gasteiger partial charge in [0.2, 0.25) is 10.0 Å². The summed E-state index contributed by atoms with van der Waals surface area (Å²) in [6.45, 7) is 1.78. The van der Waals surface area contributed by atoms with E-state index in [1.165, 1.54) is 17.9 Å². The molecule has 2 rings (SSSR count). The third-order valence-corrected chi connectivity index (χ3v) is 3.92. The Balaban J connectivity index is 2.70. The van der Waals surface area contributed by atoms with Gasteiger partial charge in [-0.15, -0.1) is 0 Å². The number of benzene rings is 1. The lowest BCUT2D eigenvalue weighted by atomic mass is 10.1. The van der Waals surface area contributed by atoms with Crippen molar-refractivity contribution in [2.24, 2.45) is 0 Å². The average Bonchev–Trinajstić information content (AvgIpc) is 2.83. The Morgan fingerprint density at radius 1 is 1.42 bits per heavy atom. The minimum atomic E-state index is -3.46. The number of ether oxygens (including phenoxy) is 1. The van der Waals surface area contributed by atoms with Crippen LogP contribution in [0, 0.1) is 18.3 Å². The molecule has 2 aromatic rings. The van der Waals surface area contributed by atoms with Gasteiger partial charge in [-0.3, -0.25) is 4.72 Å². The number of nitrogens with two attached hydrogens (primary N) is 1. The van der Waals surface area contributed by atoms with Gasteiger partial charge in [-0.25, -0.2) is 13.2 Å². The third-order valence-electron chi connectivity index (χ3n) is 3.32. The lowest BCUT2D eigenvalue weighted by Crippen LogP contribution is -2.13. The van der Waals surface area contributed by atoms with Gasteiger partial charge in [-0.05, 0) is 24.6 Å². The fourth-order valence-electron chi connectivity index (χ4n) is 2.25. The van der Waals surface area contributed by atoms with E-state index < -0.39 is 16.0 Å². The second kappa shape index (κ2) is 6.25. The first-order chi connectivity index (χ1) is 11.2. The minimum absolute atomic E-state index is 0.00484. The Labute approximate surface area is 139 Å². The molecule has 1 aromatic heterocycles. The number of anilines is 2. The van der Waals surface area contributed by atoms with Crippen molar-refractivity contribution in [2.75, 3.05) is 23.8 Å². The van der Waals surface area contributed by atoms with Crippen LogP contribution in [0.15, 0.2) is 24.4 Å². The average molecular weight is 348 g/mol. The van der Waals surface area contributed by atoms with Crippen molar-refractivity contribution in [2.45, 2.75) is 6.92 Å². The normalized spacial score (nSPS) is 10.9. The molecule has 0 aliphatic rings. The molecule has 0 saturated carbocycles. The highest BCUT2D eigenvalue weighted by Gasteiger charge is 2.22. The minimum Gasteiger partial charge on any atom is -0.464 e. The molecule has 0 spiro atoms. The van der Waals surface area contributed by atoms with Crippen molar-refractivity contribution in [3.8, 4) is 11.8 Å². The van der Waals surface area contributed by atoms with Gasteiger partial charge < -0.3 is 15.0 Å². The molecule has 0 radical (unpaired) electrons. The van der Waals surface area contributed by atoms with E-state index in [9.17, 15) is 13.2 Å². The molecule has 0 saturated heterocycles. The molecule has 0 atom stereocenters. The van der Waals surface area contributed by atoms with Gasteiger partial charge >= 0.3 is 5.97 Å². The first kappa shape index (κ1) is 17.4. The van der Waals surface area contributed by atoms with Crippen LogP contribution in [-0.2, 0) is 14.8 Å². The Hall–Kier alpha value is -2.99. The number of nitrogen functional groups attached to an aromatic ring is 1. The molecule has 1 heterocycles. The van der Waals surface area contributed by atoms with Crippen LogP contribution in [-0.4, -0.2) is 32.3 Å². The number of esters is 1. The monoisotopic (exact) mass is 348 g/mol. The number of nitrogens with zero attached hydrogens (tertiary/aromatic N) is 2. The van der Waals surface area contributed by atoms with Crippen LogP contribution in [0.3, 0.4) is 0 Å². The van der Waals surface area contributed by atoms with Crippen LogP contribution >= 0.6 is 0 Å². The molecular formula is C15H16N4O4S. The number of nitrogens with one attached hydrogen (secondary N) is 1. The van der Waals surface area contributed by atoms with Crippen molar-refractivity contribution < 1.29 is 17.9 Å². The lowest BCUT2D eigenvalue weighted by molar-refractivity contribution is 0.0593. The largest absolute Gasteiger partial charge is 0.464 e. The summed E-state index contributed by atoms with van der Waals surface area (Å²) >= 11 is 0. The number of carbonyl (C=O) groups excluding carboxylic acids is 1. The van der Waals surface area contributed by atoms with Crippen LogP contribution < -0.4 is 10.5 Å². The summed E-state index contributed by atoms with van der Waals surface area (Å²) in [4.78, 5) is 12.0. The number of carbonyl (C=O) groups is 1. The van der Waals surface area contributed by atoms with E-state index in [4.69, 9.17) is 15.7 Å². The molecule has 0 aliphatic carbocycles. The summed E-state index contributed by atoms with van der Waals surface area (Å²) in [5, 5.41) is 9.15. The predicted octanol–water partition coefficient (Wildman–Crippen LogP) is 1.40. The van der Waals surface area contributed by atoms with Gasteiger partial charge in [-0.1, -0.05) is 6.07 Å². The Morgan fingerprint density at radius 2 is 2.08 bits per heavy atom. The first-order valence-electron chi connectivity index (χ1n) is 6.76. The van der Waals surface area contributed by atoms with Crippen LogP contribution in [0.2, 0.25) is 0 Å². The highest BCUT2D eigenvalue weighted by atomic mass is 32.2. The Bertz CT molecular complexity index is 955. The molecule has 126 valence electrons. The first-order valence-corrected chi connectivity index (χ1v) is 8.65. The van der Waals surface area contributed by atoms with E-state index in [0.717, 1.165) is 11.8 Å². The summed E-state index contributed by atoms with van der Waals surface area (Å²) in [5.74, 6) is -0.699. The van der Waals surface area contributed by atoms with E-state index in [1.54, 1.807) is 25.1 Å². The molecule has 1 aromatic carbocycles. The molecule has 24 heavy (non-hydrogen) atoms. The highest BCUT2D eigenvalue weighted by Crippen LogP contribution is 2.28. The van der Waals surface area contributed by atoms with Gasteiger partial charge in [0.1, 0.15) is 6.07 Å². The molecular weight excluding hydrogens is 332 g/mol. The Morgan fingerprint density at radius 3 is 2.62 bits per heavy atom. The Kier molecular flexibility index (Phi) is 4.52. The van der Waals surface area contributed by atoms with Crippen LogP contribution in [0.25, 0.3) is 5.69 Å². The van der Waals surface area contributed by atoms with Crippen molar-refractivity contribution >= 4 is 27.4 Å². The third kappa shape index (κ3) is 3.33. The molecule has 0 fully saturated rings. The number of methoxy groups -OCH3 is 1. The van der Waals surface area contributed by atoms with Gasteiger partial charge in [0, 0.05) is 6.20 Å². The van der Waals surface area contributed by atoms with Crippen molar-refractivity contribution in [3.63, 3.8) is 0 Å². The van der Waals surface area contributed by atoms with E-state index in [-0.39, 0.29) is 16.9 Å². The quantitative estimate of drug-likeness (QED) is 0.804. The lowest BCUT2D eigenvalue weighted by Gasteiger charge is -2.13. The van der Waals surface area contributed by atoms with Crippen molar-refractivity contribution in [3.05, 3.63) is 41.2 Å². The zero-order chi connectivity index (χ0) is 18.1. The number of nitriles is 1. The topological polar surface area (TPSA) is 127 Å². The van der Waals surface area contributed by atoms with E-state index in [1.807, 2.05) is 6.07 Å². The number of aryl methyl sites for hydroxylation is 1. The zero-order valence-electron chi connectivity index (χ0n) is 13.3. The van der Waals surface area contributed by atoms with Gasteiger partial charge in [0.05, 0.1) is 36.0 Å². The van der Waals surface area contributed by atoms with Crippen LogP contribution in [0.5, 0.6) is 0 Å². The SMILES string of the molecule is COC(=O)c1c(N)c(C#N)cn1-c1cc(NS(C)(=O)=O)ccc1C. The highest BCUT2D eigenvalue weighted by molar-refractivity contribution is 7.92. The number of hydrogen-bond acceptors (Lipinski definition) is 6. The zero-order valence-corrected chi connectivity index (χ0v) is 14.1. The summed E-state index contributed by atoms with van der Waals surface area (Å²) in [5.41, 5.74) is 7.56. The van der Waals surface area contributed by atoms with Crippen LogP contribution in [0.4, 0.5) is 11.4 Å².